The summed E-state index contributed by atoms with van der Waals surface area (Å²) in [4.78, 5) is 41.4. The molecular weight excluding hydrogens is 917 g/mol. The minimum Gasteiger partial charge on any atom is -0.369 e. The molecule has 3 unspecified atom stereocenters. The van der Waals surface area contributed by atoms with E-state index in [4.69, 9.17) is 4.74 Å². The zero-order chi connectivity index (χ0) is 54.2. The number of aldehydes is 1. The first-order valence-electron chi connectivity index (χ1n) is 28.5. The highest BCUT2D eigenvalue weighted by atomic mass is 16.5. The molecule has 3 atom stereocenters. The predicted octanol–water partition coefficient (Wildman–Crippen LogP) is 12.5. The molecule has 4 fully saturated rings. The van der Waals surface area contributed by atoms with Gasteiger partial charge in [-0.1, -0.05) is 110 Å². The van der Waals surface area contributed by atoms with Gasteiger partial charge in [0.1, 0.15) is 12.5 Å². The third-order valence-corrected chi connectivity index (χ3v) is 15.7. The molecule has 0 aromatic heterocycles. The topological polar surface area (TPSA) is 106 Å². The molecule has 2 aromatic carbocycles. The van der Waals surface area contributed by atoms with Gasteiger partial charge in [0, 0.05) is 101 Å². The highest BCUT2D eigenvalue weighted by Gasteiger charge is 2.51. The summed E-state index contributed by atoms with van der Waals surface area (Å²) in [5.41, 5.74) is 12.8. The maximum absolute atomic E-state index is 12.9. The maximum Gasteiger partial charge on any atom is 0.222 e. The van der Waals surface area contributed by atoms with Crippen molar-refractivity contribution >= 4 is 40.4 Å². The number of allylic oxidation sites excluding steroid dienone is 9. The van der Waals surface area contributed by atoms with Crippen molar-refractivity contribution in [1.82, 2.24) is 25.8 Å². The van der Waals surface area contributed by atoms with Crippen molar-refractivity contribution in [1.29, 1.82) is 0 Å². The van der Waals surface area contributed by atoms with Crippen LogP contribution in [0.25, 0.3) is 16.7 Å². The van der Waals surface area contributed by atoms with Gasteiger partial charge < -0.3 is 35.3 Å². The lowest BCUT2D eigenvalue weighted by Crippen LogP contribution is -2.66. The summed E-state index contributed by atoms with van der Waals surface area (Å²) in [5.74, 6) is 0.288. The number of hydrogen-bond acceptors (Lipinski definition) is 9. The van der Waals surface area contributed by atoms with Crippen LogP contribution in [0.4, 0.5) is 5.69 Å². The van der Waals surface area contributed by atoms with Crippen molar-refractivity contribution in [3.8, 4) is 0 Å². The first-order valence-corrected chi connectivity index (χ1v) is 28.5. The molecule has 1 amide bonds. The lowest BCUT2D eigenvalue weighted by atomic mass is 9.61. The number of benzene rings is 2. The van der Waals surface area contributed by atoms with E-state index in [1.165, 1.54) is 103 Å². The fraction of sp³-hybridized carbons (Fsp3) is 0.578. The number of piperazine rings is 1. The molecule has 2 aromatic rings. The minimum absolute atomic E-state index is 0.00171. The van der Waals surface area contributed by atoms with E-state index in [0.29, 0.717) is 24.4 Å². The van der Waals surface area contributed by atoms with Gasteiger partial charge in [0.05, 0.1) is 6.10 Å². The van der Waals surface area contributed by atoms with Gasteiger partial charge in [0.15, 0.2) is 5.78 Å². The molecule has 408 valence electrons. The monoisotopic (exact) mass is 1010 g/mol. The molecule has 3 aliphatic heterocycles. The van der Waals surface area contributed by atoms with Gasteiger partial charge >= 0.3 is 0 Å². The fourth-order valence-electron chi connectivity index (χ4n) is 10.4. The largest absolute Gasteiger partial charge is 0.369 e. The number of nitrogens with zero attached hydrogens (tertiary/aromatic N) is 3. The Morgan fingerprint density at radius 3 is 2.15 bits per heavy atom. The molecule has 3 heterocycles. The standard InChI is InChI=1S/C28H44N4O.C27H35NO.C7H13NO2.C2H6/c1-6-21(3)26-16-24(8-9-25(26)27(33)22(4)7-2)32-14-12-30(13-15-32)10-11-31-19-28(20-31)17-23(18-28)29-5;1-5-8-13-25(20(4)10-6-2)26-16-14-22(18-21(26)7-3)23-15-17-27(28-19-23)29-24-11-9-12-24;1-6(4-3-5-9)7(10)8-2;1-2/h6,8-9,16,22-23,29H,7,10-15,17-20H2,1-5H3;6,10,13-19,24,27-28H,2,5,7-9,11-12H2,1,3-4H3;5-6H,3-4H2,1-2H3,(H,8,10);1-2H3/b;20-10-,25-13+;;. The minimum atomic E-state index is -0.0461. The van der Waals surface area contributed by atoms with Crippen molar-refractivity contribution in [2.75, 3.05) is 71.4 Å². The van der Waals surface area contributed by atoms with E-state index < -0.39 is 0 Å². The Bertz CT molecular complexity index is 2250. The summed E-state index contributed by atoms with van der Waals surface area (Å²) in [6.07, 6.45) is 27.8. The number of rotatable bonds is 22. The molecule has 10 heteroatoms. The van der Waals surface area contributed by atoms with E-state index in [-0.39, 0.29) is 29.8 Å². The Hall–Kier alpha value is -4.87. The van der Waals surface area contributed by atoms with Gasteiger partial charge in [-0.25, -0.2) is 0 Å². The van der Waals surface area contributed by atoms with E-state index in [1.54, 1.807) is 7.05 Å². The molecule has 2 saturated carbocycles. The van der Waals surface area contributed by atoms with E-state index in [1.807, 2.05) is 33.8 Å². The molecule has 10 nitrogen and oxygen atoms in total. The number of hydrogen-bond donors (Lipinski definition) is 3. The quantitative estimate of drug-likeness (QED) is 0.0604. The van der Waals surface area contributed by atoms with Crippen molar-refractivity contribution in [3.63, 3.8) is 0 Å². The van der Waals surface area contributed by atoms with Crippen LogP contribution in [0.3, 0.4) is 0 Å². The number of ketones is 1. The SMILES string of the molecule is C=C/C=C(C)\C(=C/CCC)c1ccc(C2=CNC(OC3CCC3)C=C2)cc1CC.CC.CC=C(C)c1cc(N2CCN(CCN3CC4(CC(NC)C4)C3)CC2)ccc1C(=O)C(C)CC.CNC(=O)C(C)CCC=O. The number of nitrogens with one attached hydrogen (secondary N) is 3. The Labute approximate surface area is 449 Å². The van der Waals surface area contributed by atoms with Crippen molar-refractivity contribution in [3.05, 3.63) is 119 Å². The van der Waals surface area contributed by atoms with E-state index in [9.17, 15) is 14.4 Å². The third kappa shape index (κ3) is 17.6. The number of dihydropyridines is 1. The first-order chi connectivity index (χ1) is 35.7. The number of amides is 1. The van der Waals surface area contributed by atoms with E-state index in [2.05, 4.69) is 159 Å². The molecule has 2 aliphatic carbocycles. The summed E-state index contributed by atoms with van der Waals surface area (Å²) < 4.78 is 6.03. The summed E-state index contributed by atoms with van der Waals surface area (Å²) in [7, 11) is 3.69. The molecule has 0 radical (unpaired) electrons. The zero-order valence-corrected chi connectivity index (χ0v) is 48.1. The van der Waals surface area contributed by atoms with Crippen LogP contribution in [0.2, 0.25) is 0 Å². The second-order valence-corrected chi connectivity index (χ2v) is 21.0. The number of Topliss-reactive ketones (excluding diaryl/α,β-unsaturated/α-hetero) is 1. The van der Waals surface area contributed by atoms with Gasteiger partial charge in [-0.05, 0) is 160 Å². The Kier molecular flexibility index (Phi) is 26.6. The number of likely N-dealkylation sites (tertiary alicyclic amines) is 1. The normalized spacial score (nSPS) is 19.8. The van der Waals surface area contributed by atoms with Crippen LogP contribution in [-0.4, -0.2) is 113 Å². The average Bonchev–Trinajstić information content (AvgIpc) is 3.40. The van der Waals surface area contributed by atoms with Crippen molar-refractivity contribution in [2.24, 2.45) is 17.3 Å². The van der Waals surface area contributed by atoms with Gasteiger partial charge in [0.2, 0.25) is 5.91 Å². The molecule has 2 saturated heterocycles. The van der Waals surface area contributed by atoms with Crippen LogP contribution < -0.4 is 20.9 Å². The molecule has 0 bridgehead atoms. The molecule has 5 aliphatic rings. The Balaban J connectivity index is 0.000000265. The lowest BCUT2D eigenvalue weighted by molar-refractivity contribution is -0.124. The number of carbonyl (C=O) groups excluding carboxylic acids is 3. The summed E-state index contributed by atoms with van der Waals surface area (Å²) in [5, 5.41) is 9.34. The van der Waals surface area contributed by atoms with Crippen LogP contribution in [0.15, 0.2) is 91.2 Å². The second-order valence-electron chi connectivity index (χ2n) is 21.0. The molecule has 1 spiro atoms. The lowest BCUT2D eigenvalue weighted by Gasteiger charge is -2.59. The highest BCUT2D eigenvalue weighted by Crippen LogP contribution is 2.48. The highest BCUT2D eigenvalue weighted by molar-refractivity contribution is 6.02. The third-order valence-electron chi connectivity index (χ3n) is 15.7. The number of anilines is 1. The first kappa shape index (κ1) is 61.7. The zero-order valence-electron chi connectivity index (χ0n) is 48.1. The summed E-state index contributed by atoms with van der Waals surface area (Å²) in [6, 6.07) is 14.1. The summed E-state index contributed by atoms with van der Waals surface area (Å²) in [6.45, 7) is 34.0. The van der Waals surface area contributed by atoms with Crippen LogP contribution in [0.1, 0.15) is 166 Å². The van der Waals surface area contributed by atoms with E-state index >= 15 is 0 Å². The second kappa shape index (κ2) is 31.9. The van der Waals surface area contributed by atoms with Gasteiger partial charge in [0.25, 0.3) is 0 Å². The van der Waals surface area contributed by atoms with Gasteiger partial charge in [-0.2, -0.15) is 0 Å². The van der Waals surface area contributed by atoms with Crippen molar-refractivity contribution < 1.29 is 19.1 Å². The number of aryl methyl sites for hydroxylation is 1. The molecule has 74 heavy (non-hydrogen) atoms. The smallest absolute Gasteiger partial charge is 0.222 e. The number of unbranched alkanes of at least 4 members (excludes halogenated alkanes) is 1. The van der Waals surface area contributed by atoms with Crippen LogP contribution in [0.5, 0.6) is 0 Å². The molecule has 3 N–H and O–H groups in total. The summed E-state index contributed by atoms with van der Waals surface area (Å²) >= 11 is 0. The number of carbonyl (C=O) groups is 3. The predicted molar refractivity (Wildman–Crippen MR) is 314 cm³/mol. The van der Waals surface area contributed by atoms with Crippen LogP contribution in [0, 0.1) is 17.3 Å². The van der Waals surface area contributed by atoms with E-state index in [0.717, 1.165) is 75.3 Å². The Morgan fingerprint density at radius 2 is 1.59 bits per heavy atom. The molecule has 7 rings (SSSR count). The van der Waals surface area contributed by atoms with Crippen molar-refractivity contribution in [2.45, 2.75) is 158 Å². The van der Waals surface area contributed by atoms with Crippen LogP contribution in [-0.2, 0) is 20.7 Å². The van der Waals surface area contributed by atoms with Gasteiger partial charge in [-0.15, -0.1) is 0 Å². The Morgan fingerprint density at radius 1 is 0.905 bits per heavy atom. The number of ether oxygens (including phenoxy) is 1. The average molecular weight is 1020 g/mol. The fourth-order valence-corrected chi connectivity index (χ4v) is 10.4. The van der Waals surface area contributed by atoms with Gasteiger partial charge in [-0.3, -0.25) is 14.5 Å². The molecular formula is C64H98N6O4. The maximum atomic E-state index is 12.9. The van der Waals surface area contributed by atoms with Crippen LogP contribution >= 0.6 is 0 Å².